The molecule has 0 fully saturated rings. The van der Waals surface area contributed by atoms with Gasteiger partial charge in [-0.05, 0) is 96.3 Å². The van der Waals surface area contributed by atoms with Gasteiger partial charge >= 0.3 is 17.9 Å². The van der Waals surface area contributed by atoms with E-state index in [1.54, 1.807) is 6.08 Å². The summed E-state index contributed by atoms with van der Waals surface area (Å²) in [5.74, 6) is -1.06. The number of rotatable bonds is 51. The lowest BCUT2D eigenvalue weighted by atomic mass is 10.0. The van der Waals surface area contributed by atoms with E-state index in [0.29, 0.717) is 12.8 Å². The Kier molecular flexibility index (Phi) is 55.5. The minimum absolute atomic E-state index is 0.0942. The van der Waals surface area contributed by atoms with E-state index in [1.165, 1.54) is 96.3 Å². The van der Waals surface area contributed by atoms with Crippen LogP contribution in [0.15, 0.2) is 134 Å². The summed E-state index contributed by atoms with van der Waals surface area (Å²) < 4.78 is 16.6. The number of unbranched alkanes of at least 4 members (excludes halogenated alkanes) is 19. The van der Waals surface area contributed by atoms with Gasteiger partial charge in [0.15, 0.2) is 6.10 Å². The van der Waals surface area contributed by atoms with Gasteiger partial charge in [-0.15, -0.1) is 0 Å². The van der Waals surface area contributed by atoms with E-state index in [4.69, 9.17) is 14.2 Å². The van der Waals surface area contributed by atoms with Crippen LogP contribution in [0.4, 0.5) is 0 Å². The molecule has 0 spiro atoms. The molecule has 1 atom stereocenters. The molecule has 6 nitrogen and oxygen atoms in total. The van der Waals surface area contributed by atoms with Crippen molar-refractivity contribution in [3.63, 3.8) is 0 Å². The molecular weight excluding hydrogens is 889 g/mol. The van der Waals surface area contributed by atoms with Crippen molar-refractivity contribution in [1.82, 2.24) is 0 Å². The minimum Gasteiger partial charge on any atom is -0.462 e. The van der Waals surface area contributed by atoms with E-state index >= 15 is 0 Å². The zero-order valence-electron chi connectivity index (χ0n) is 46.4. The summed E-state index contributed by atoms with van der Waals surface area (Å²) in [6.45, 7) is 6.25. The van der Waals surface area contributed by atoms with Crippen molar-refractivity contribution in [2.45, 2.75) is 252 Å². The fraction of sp³-hybridized carbons (Fsp3) is 0.621. The van der Waals surface area contributed by atoms with Crippen molar-refractivity contribution in [1.29, 1.82) is 0 Å². The van der Waals surface area contributed by atoms with Gasteiger partial charge in [0, 0.05) is 12.8 Å². The number of esters is 3. The molecule has 0 aromatic rings. The molecule has 0 aliphatic carbocycles. The average molecular weight is 996 g/mol. The first-order chi connectivity index (χ1) is 35.5. The Balaban J connectivity index is 4.10. The van der Waals surface area contributed by atoms with Crippen LogP contribution in [-0.4, -0.2) is 37.2 Å². The van der Waals surface area contributed by atoms with Crippen LogP contribution in [0.1, 0.15) is 245 Å². The van der Waals surface area contributed by atoms with Crippen molar-refractivity contribution in [3.8, 4) is 0 Å². The highest BCUT2D eigenvalue weighted by atomic mass is 16.6. The van der Waals surface area contributed by atoms with Gasteiger partial charge in [0.1, 0.15) is 13.2 Å². The largest absolute Gasteiger partial charge is 0.462 e. The Bertz CT molecular complexity index is 1560. The summed E-state index contributed by atoms with van der Waals surface area (Å²) in [4.78, 5) is 37.8. The van der Waals surface area contributed by atoms with Crippen molar-refractivity contribution < 1.29 is 28.6 Å². The SMILES string of the molecule is CC/C=C\C/C=C\C/C=C\C/C=C\C/C=C\C/C=C\CCCCCCCCCCCCCCCCC(=O)OCC(COC(=O)CCCCCCCC)OC(=O)C/C=C\C/C=C\C/C=C\C/C=C\C/C=C\CC. The predicted octanol–water partition coefficient (Wildman–Crippen LogP) is 19.8. The highest BCUT2D eigenvalue weighted by Crippen LogP contribution is 2.15. The smallest absolute Gasteiger partial charge is 0.310 e. The molecule has 406 valence electrons. The number of carbonyl (C=O) groups is 3. The second-order valence-electron chi connectivity index (χ2n) is 18.8. The Hall–Kier alpha value is -4.45. The molecule has 0 aromatic heterocycles. The number of hydrogen-bond donors (Lipinski definition) is 0. The second-order valence-corrected chi connectivity index (χ2v) is 18.8. The molecule has 0 aliphatic rings. The molecule has 1 unspecified atom stereocenters. The van der Waals surface area contributed by atoms with Gasteiger partial charge < -0.3 is 14.2 Å². The molecule has 0 saturated carbocycles. The van der Waals surface area contributed by atoms with Gasteiger partial charge in [-0.25, -0.2) is 0 Å². The van der Waals surface area contributed by atoms with Crippen LogP contribution in [0.25, 0.3) is 0 Å². The highest BCUT2D eigenvalue weighted by molar-refractivity contribution is 5.72. The van der Waals surface area contributed by atoms with Crippen molar-refractivity contribution in [3.05, 3.63) is 134 Å². The molecule has 0 saturated heterocycles. The first-order valence-electron chi connectivity index (χ1n) is 29.2. The summed E-state index contributed by atoms with van der Waals surface area (Å²) in [6, 6.07) is 0. The quantitative estimate of drug-likeness (QED) is 0.0261. The molecule has 0 heterocycles. The molecule has 0 radical (unpaired) electrons. The summed E-state index contributed by atoms with van der Waals surface area (Å²) in [6.07, 6.45) is 83.8. The Morgan fingerprint density at radius 3 is 0.917 bits per heavy atom. The van der Waals surface area contributed by atoms with E-state index in [9.17, 15) is 14.4 Å². The van der Waals surface area contributed by atoms with E-state index in [1.807, 2.05) is 6.08 Å². The number of hydrogen-bond acceptors (Lipinski definition) is 6. The van der Waals surface area contributed by atoms with Crippen LogP contribution >= 0.6 is 0 Å². The van der Waals surface area contributed by atoms with Crippen LogP contribution < -0.4 is 0 Å². The van der Waals surface area contributed by atoms with Gasteiger partial charge in [-0.1, -0.05) is 264 Å². The third kappa shape index (κ3) is 56.5. The van der Waals surface area contributed by atoms with Gasteiger partial charge in [0.25, 0.3) is 0 Å². The third-order valence-electron chi connectivity index (χ3n) is 11.9. The van der Waals surface area contributed by atoms with Gasteiger partial charge in [-0.2, -0.15) is 0 Å². The van der Waals surface area contributed by atoms with Gasteiger partial charge in [-0.3, -0.25) is 14.4 Å². The monoisotopic (exact) mass is 995 g/mol. The Morgan fingerprint density at radius 1 is 0.306 bits per heavy atom. The van der Waals surface area contributed by atoms with E-state index in [-0.39, 0.29) is 31.6 Å². The molecule has 72 heavy (non-hydrogen) atoms. The number of carbonyl (C=O) groups excluding carboxylic acids is 3. The van der Waals surface area contributed by atoms with Gasteiger partial charge in [0.2, 0.25) is 0 Å². The molecule has 6 heteroatoms. The first-order valence-corrected chi connectivity index (χ1v) is 29.2. The molecule has 0 N–H and O–H groups in total. The third-order valence-corrected chi connectivity index (χ3v) is 11.9. The second kappa shape index (κ2) is 59.1. The first kappa shape index (κ1) is 67.5. The molecule has 0 rings (SSSR count). The van der Waals surface area contributed by atoms with Crippen molar-refractivity contribution in [2.75, 3.05) is 13.2 Å². The molecule has 0 bridgehead atoms. The maximum absolute atomic E-state index is 12.7. The topological polar surface area (TPSA) is 78.9 Å². The zero-order chi connectivity index (χ0) is 52.2. The number of ether oxygens (including phenoxy) is 3. The fourth-order valence-electron chi connectivity index (χ4n) is 7.64. The maximum atomic E-state index is 12.7. The lowest BCUT2D eigenvalue weighted by molar-refractivity contribution is -0.166. The summed E-state index contributed by atoms with van der Waals surface area (Å²) in [5.41, 5.74) is 0. The lowest BCUT2D eigenvalue weighted by Gasteiger charge is -2.18. The highest BCUT2D eigenvalue weighted by Gasteiger charge is 2.19. The standard InChI is InChI=1S/C66H106O6/c1-4-7-10-13-16-18-20-22-24-25-26-27-28-29-30-31-32-33-34-35-36-37-38-39-40-41-43-44-46-48-50-53-56-59-65(68)71-62-63(61-70-64(67)58-55-52-15-12-9-6-3)72-66(69)60-57-54-51-49-47-45-42-23-21-19-17-14-11-8-5-2/h7-8,10-11,16-19,22-24,26-27,29-30,32-33,42,47,49,54,57,63H,4-6,9,12-15,20-21,25,28,31,34-41,43-46,48,50-53,55-56,58-62H2,1-3H3/b10-7-,11-8-,18-16-,19-17-,24-22-,27-26-,30-29-,33-32-,42-23-,49-47-,57-54-. The maximum Gasteiger partial charge on any atom is 0.310 e. The fourth-order valence-corrected chi connectivity index (χ4v) is 7.64. The average Bonchev–Trinajstić information content (AvgIpc) is 3.38. The van der Waals surface area contributed by atoms with E-state index in [0.717, 1.165) is 109 Å². The molecular formula is C66H106O6. The zero-order valence-corrected chi connectivity index (χ0v) is 46.4. The Labute approximate surface area is 443 Å². The van der Waals surface area contributed by atoms with Crippen LogP contribution in [0.3, 0.4) is 0 Å². The molecule has 0 aromatic carbocycles. The summed E-state index contributed by atoms with van der Waals surface area (Å²) in [7, 11) is 0. The van der Waals surface area contributed by atoms with Crippen LogP contribution in [-0.2, 0) is 28.6 Å². The minimum atomic E-state index is -0.831. The van der Waals surface area contributed by atoms with E-state index < -0.39 is 12.1 Å². The summed E-state index contributed by atoms with van der Waals surface area (Å²) in [5, 5.41) is 0. The molecule has 0 aliphatic heterocycles. The van der Waals surface area contributed by atoms with Crippen LogP contribution in [0, 0.1) is 0 Å². The van der Waals surface area contributed by atoms with Crippen molar-refractivity contribution in [2.24, 2.45) is 0 Å². The normalized spacial score (nSPS) is 13.1. The van der Waals surface area contributed by atoms with Crippen molar-refractivity contribution >= 4 is 17.9 Å². The summed E-state index contributed by atoms with van der Waals surface area (Å²) >= 11 is 0. The predicted molar refractivity (Wildman–Crippen MR) is 311 cm³/mol. The Morgan fingerprint density at radius 2 is 0.583 bits per heavy atom. The van der Waals surface area contributed by atoms with Gasteiger partial charge in [0.05, 0.1) is 6.42 Å². The van der Waals surface area contributed by atoms with E-state index in [2.05, 4.69) is 142 Å². The lowest BCUT2D eigenvalue weighted by Crippen LogP contribution is -2.30. The molecule has 0 amide bonds. The number of allylic oxidation sites excluding steroid dienone is 21. The van der Waals surface area contributed by atoms with Crippen LogP contribution in [0.2, 0.25) is 0 Å². The van der Waals surface area contributed by atoms with Crippen LogP contribution in [0.5, 0.6) is 0 Å².